The molecule has 0 spiro atoms. The van der Waals surface area contributed by atoms with E-state index in [1.54, 1.807) is 6.20 Å². The van der Waals surface area contributed by atoms with Crippen molar-refractivity contribution in [3.8, 4) is 0 Å². The molecule has 7 nitrogen and oxygen atoms in total. The second kappa shape index (κ2) is 5.34. The molecule has 22 heavy (non-hydrogen) atoms. The van der Waals surface area contributed by atoms with Crippen molar-refractivity contribution in [1.29, 1.82) is 0 Å². The molecule has 4 N–H and O–H groups in total. The number of aromatic nitrogens is 1. The molecule has 0 radical (unpaired) electrons. The van der Waals surface area contributed by atoms with Crippen molar-refractivity contribution in [2.24, 2.45) is 10.9 Å². The van der Waals surface area contributed by atoms with Crippen LogP contribution < -0.4 is 15.8 Å². The number of thiazole rings is 1. The average Bonchev–Trinajstić information content (AvgIpc) is 3.18. The van der Waals surface area contributed by atoms with E-state index < -0.39 is 16.1 Å². The van der Waals surface area contributed by atoms with Crippen molar-refractivity contribution in [3.63, 3.8) is 0 Å². The van der Waals surface area contributed by atoms with Gasteiger partial charge in [0.1, 0.15) is 0 Å². The molecule has 1 fully saturated rings. The lowest BCUT2D eigenvalue weighted by Gasteiger charge is -2.17. The van der Waals surface area contributed by atoms with Crippen LogP contribution in [-0.4, -0.2) is 19.4 Å². The maximum Gasteiger partial charge on any atom is 0.325 e. The average molecular weight is 338 g/mol. The summed E-state index contributed by atoms with van der Waals surface area (Å²) in [6.45, 7) is 0. The predicted octanol–water partition coefficient (Wildman–Crippen LogP) is 1.88. The Morgan fingerprint density at radius 3 is 2.41 bits per heavy atom. The number of primary amides is 1. The summed E-state index contributed by atoms with van der Waals surface area (Å²) in [5.74, 6) is 0.533. The van der Waals surface area contributed by atoms with E-state index in [9.17, 15) is 13.2 Å². The number of carbonyl (C=O) groups excluding carboxylic acids is 1. The van der Waals surface area contributed by atoms with E-state index in [4.69, 9.17) is 10.9 Å². The van der Waals surface area contributed by atoms with Crippen molar-refractivity contribution >= 4 is 38.2 Å². The SMILES string of the molecule is NC(=O)N(c1ccc(S(N)(=O)=O)cc1)c1ncc(C2CC2)s1. The highest BCUT2D eigenvalue weighted by Crippen LogP contribution is 2.44. The van der Waals surface area contributed by atoms with Gasteiger partial charge in [0.05, 0.1) is 10.6 Å². The topological polar surface area (TPSA) is 119 Å². The molecule has 2 amide bonds. The van der Waals surface area contributed by atoms with E-state index in [2.05, 4.69) is 4.98 Å². The van der Waals surface area contributed by atoms with E-state index in [1.165, 1.54) is 40.5 Å². The van der Waals surface area contributed by atoms with Gasteiger partial charge in [0.25, 0.3) is 0 Å². The van der Waals surface area contributed by atoms with Crippen LogP contribution in [0.1, 0.15) is 23.6 Å². The number of hydrogen-bond donors (Lipinski definition) is 2. The summed E-state index contributed by atoms with van der Waals surface area (Å²) in [6, 6.07) is 4.93. The van der Waals surface area contributed by atoms with Gasteiger partial charge in [-0.15, -0.1) is 11.3 Å². The lowest BCUT2D eigenvalue weighted by molar-refractivity contribution is 0.256. The Balaban J connectivity index is 1.94. The third-order valence-electron chi connectivity index (χ3n) is 3.33. The number of sulfonamides is 1. The van der Waals surface area contributed by atoms with Gasteiger partial charge in [-0.3, -0.25) is 0 Å². The minimum Gasteiger partial charge on any atom is -0.351 e. The molecule has 9 heteroatoms. The molecule has 0 unspecified atom stereocenters. The molecule has 0 aliphatic heterocycles. The highest BCUT2D eigenvalue weighted by atomic mass is 32.2. The van der Waals surface area contributed by atoms with E-state index in [1.807, 2.05) is 0 Å². The number of hydrogen-bond acceptors (Lipinski definition) is 5. The van der Waals surface area contributed by atoms with Gasteiger partial charge in [-0.1, -0.05) is 0 Å². The Labute approximate surface area is 131 Å². The standard InChI is InChI=1S/C13H14N4O3S2/c14-12(18)17(13-16-7-11(21-13)8-1-2-8)9-3-5-10(6-4-9)22(15,19)20/h3-8H,1-2H2,(H2,14,18)(H2,15,19,20). The number of nitrogens with two attached hydrogens (primary N) is 2. The summed E-state index contributed by atoms with van der Waals surface area (Å²) in [7, 11) is -3.78. The molecule has 2 aromatic rings. The number of amides is 2. The van der Waals surface area contributed by atoms with Crippen molar-refractivity contribution in [2.75, 3.05) is 4.90 Å². The van der Waals surface area contributed by atoms with Crippen LogP contribution in [0.5, 0.6) is 0 Å². The fraction of sp³-hybridized carbons (Fsp3) is 0.231. The third-order valence-corrected chi connectivity index (χ3v) is 5.40. The van der Waals surface area contributed by atoms with Gasteiger partial charge in [0, 0.05) is 11.1 Å². The zero-order chi connectivity index (χ0) is 15.9. The van der Waals surface area contributed by atoms with Crippen molar-refractivity contribution in [2.45, 2.75) is 23.7 Å². The number of benzene rings is 1. The van der Waals surface area contributed by atoms with Gasteiger partial charge >= 0.3 is 6.03 Å². The fourth-order valence-electron chi connectivity index (χ4n) is 2.05. The van der Waals surface area contributed by atoms with Crippen LogP contribution in [0, 0.1) is 0 Å². The number of urea groups is 1. The first kappa shape index (κ1) is 14.9. The zero-order valence-electron chi connectivity index (χ0n) is 11.5. The summed E-state index contributed by atoms with van der Waals surface area (Å²) >= 11 is 1.42. The van der Waals surface area contributed by atoms with Crippen molar-refractivity contribution in [1.82, 2.24) is 4.98 Å². The van der Waals surface area contributed by atoms with Crippen LogP contribution in [0.4, 0.5) is 15.6 Å². The molecule has 3 rings (SSSR count). The maximum absolute atomic E-state index is 11.7. The molecule has 1 aromatic carbocycles. The highest BCUT2D eigenvalue weighted by Gasteiger charge is 2.28. The van der Waals surface area contributed by atoms with Crippen molar-refractivity contribution in [3.05, 3.63) is 35.3 Å². The van der Waals surface area contributed by atoms with E-state index in [0.29, 0.717) is 16.7 Å². The highest BCUT2D eigenvalue weighted by molar-refractivity contribution is 7.89. The smallest absolute Gasteiger partial charge is 0.325 e. The van der Waals surface area contributed by atoms with Gasteiger partial charge in [0.15, 0.2) is 5.13 Å². The van der Waals surface area contributed by atoms with E-state index in [0.717, 1.165) is 17.7 Å². The van der Waals surface area contributed by atoms with E-state index >= 15 is 0 Å². The normalized spacial score (nSPS) is 14.8. The molecule has 1 heterocycles. The summed E-state index contributed by atoms with van der Waals surface area (Å²) < 4.78 is 22.5. The number of primary sulfonamides is 1. The lowest BCUT2D eigenvalue weighted by atomic mass is 10.3. The molecule has 1 aromatic heterocycles. The quantitative estimate of drug-likeness (QED) is 0.884. The summed E-state index contributed by atoms with van der Waals surface area (Å²) in [4.78, 5) is 18.3. The third kappa shape index (κ3) is 2.96. The van der Waals surface area contributed by atoms with Gasteiger partial charge in [-0.25, -0.2) is 28.2 Å². The molecule has 1 aliphatic carbocycles. The van der Waals surface area contributed by atoms with Crippen molar-refractivity contribution < 1.29 is 13.2 Å². The minimum absolute atomic E-state index is 0.0292. The van der Waals surface area contributed by atoms with Crippen LogP contribution in [0.2, 0.25) is 0 Å². The Morgan fingerprint density at radius 1 is 1.27 bits per heavy atom. The van der Waals surface area contributed by atoms with Gasteiger partial charge in [-0.2, -0.15) is 0 Å². The van der Waals surface area contributed by atoms with Gasteiger partial charge in [0.2, 0.25) is 10.0 Å². The van der Waals surface area contributed by atoms with Gasteiger partial charge in [-0.05, 0) is 43.0 Å². The summed E-state index contributed by atoms with van der Waals surface area (Å²) in [5, 5.41) is 5.52. The largest absolute Gasteiger partial charge is 0.351 e. The number of anilines is 2. The molecule has 0 bridgehead atoms. The lowest BCUT2D eigenvalue weighted by Crippen LogP contribution is -2.31. The maximum atomic E-state index is 11.7. The Hall–Kier alpha value is -1.97. The Bertz CT molecular complexity index is 810. The van der Waals surface area contributed by atoms with Gasteiger partial charge < -0.3 is 5.73 Å². The van der Waals surface area contributed by atoms with Crippen LogP contribution in [0.3, 0.4) is 0 Å². The van der Waals surface area contributed by atoms with Crippen LogP contribution in [0.15, 0.2) is 35.4 Å². The molecule has 116 valence electrons. The number of carbonyl (C=O) groups is 1. The molecule has 1 aliphatic rings. The molecule has 0 atom stereocenters. The fourth-order valence-corrected chi connectivity index (χ4v) is 3.68. The predicted molar refractivity (Wildman–Crippen MR) is 83.6 cm³/mol. The molecular weight excluding hydrogens is 324 g/mol. The summed E-state index contributed by atoms with van der Waals surface area (Å²) in [5.41, 5.74) is 5.88. The second-order valence-corrected chi connectivity index (χ2v) is 7.63. The first-order chi connectivity index (χ1) is 10.4. The molecular formula is C13H14N4O3S2. The second-order valence-electron chi connectivity index (χ2n) is 5.03. The Kier molecular flexibility index (Phi) is 3.63. The molecule has 0 saturated heterocycles. The van der Waals surface area contributed by atoms with Crippen LogP contribution in [-0.2, 0) is 10.0 Å². The van der Waals surface area contributed by atoms with Crippen LogP contribution >= 0.6 is 11.3 Å². The monoisotopic (exact) mass is 338 g/mol. The van der Waals surface area contributed by atoms with E-state index in [-0.39, 0.29) is 4.90 Å². The summed E-state index contributed by atoms with van der Waals surface area (Å²) in [6.07, 6.45) is 4.04. The van der Waals surface area contributed by atoms with Crippen LogP contribution in [0.25, 0.3) is 0 Å². The Morgan fingerprint density at radius 2 is 1.91 bits per heavy atom. The number of rotatable bonds is 4. The number of nitrogens with zero attached hydrogens (tertiary/aromatic N) is 2. The minimum atomic E-state index is -3.78. The first-order valence-corrected chi connectivity index (χ1v) is 8.90. The molecule has 1 saturated carbocycles. The zero-order valence-corrected chi connectivity index (χ0v) is 13.1. The first-order valence-electron chi connectivity index (χ1n) is 6.54.